The molecule has 0 radical (unpaired) electrons. The normalized spacial score (nSPS) is 16.9. The molecule has 0 heterocycles. The highest BCUT2D eigenvalue weighted by molar-refractivity contribution is 7.88. The van der Waals surface area contributed by atoms with Crippen molar-refractivity contribution in [2.75, 3.05) is 46.8 Å². The summed E-state index contributed by atoms with van der Waals surface area (Å²) in [5, 5.41) is -3.32. The van der Waals surface area contributed by atoms with Crippen LogP contribution in [0, 0.1) is 5.92 Å². The lowest BCUT2D eigenvalue weighted by Crippen LogP contribution is -2.54. The van der Waals surface area contributed by atoms with Gasteiger partial charge < -0.3 is 28.4 Å². The van der Waals surface area contributed by atoms with Crippen molar-refractivity contribution < 1.29 is 148 Å². The molecule has 0 spiro atoms. The smallest absolute Gasteiger partial charge is 0.459 e. The van der Waals surface area contributed by atoms with E-state index in [0.717, 1.165) is 0 Å². The second-order valence-corrected chi connectivity index (χ2v) is 14.4. The molecule has 0 amide bonds. The summed E-state index contributed by atoms with van der Waals surface area (Å²) in [5.41, 5.74) is 0. The summed E-state index contributed by atoms with van der Waals surface area (Å²) in [5.74, 6) is -47.5. The largest absolute Gasteiger partial charge is 0.460 e. The second-order valence-electron chi connectivity index (χ2n) is 12.6. The van der Waals surface area contributed by atoms with Crippen LogP contribution >= 0.6 is 0 Å². The SMILES string of the molecule is COS(=O)(=O)C(C(=O)OC(C)COCC(F)(F)C(F)(F)C(F)(F)F)C(CC(=O)OC(C)COCC(F)(F)C(F)(F)C(F)(F)F)C(=O)OC(C)COCC(F)(F)C(F)(F)C(F)(F)F. The number of rotatable bonds is 25. The average molecular weight is 991 g/mol. The Morgan fingerprint density at radius 3 is 1.02 bits per heavy atom. The molecule has 5 unspecified atom stereocenters. The van der Waals surface area contributed by atoms with Crippen LogP contribution in [0.1, 0.15) is 27.2 Å². The maximum atomic E-state index is 13.6. The molecule has 0 aromatic rings. The minimum atomic E-state index is -6.83. The van der Waals surface area contributed by atoms with Gasteiger partial charge in [-0.1, -0.05) is 0 Å². The fraction of sp³-hybridized carbons (Fsp3) is 0.893. The molecular formula is C28H31F21O12S. The molecule has 0 aromatic carbocycles. The highest BCUT2D eigenvalue weighted by Gasteiger charge is 2.75. The predicted octanol–water partition coefficient (Wildman–Crippen LogP) is 6.68. The van der Waals surface area contributed by atoms with Gasteiger partial charge in [-0.25, -0.2) is 0 Å². The predicted molar refractivity (Wildman–Crippen MR) is 155 cm³/mol. The monoisotopic (exact) mass is 990 g/mol. The zero-order chi connectivity index (χ0) is 49.5. The maximum Gasteiger partial charge on any atom is 0.459 e. The molecule has 0 rings (SSSR count). The van der Waals surface area contributed by atoms with Gasteiger partial charge in [0.15, 0.2) is 5.25 Å². The molecule has 0 bridgehead atoms. The van der Waals surface area contributed by atoms with E-state index in [0.29, 0.717) is 20.8 Å². The summed E-state index contributed by atoms with van der Waals surface area (Å²) in [7, 11) is -5.49. The van der Waals surface area contributed by atoms with E-state index in [9.17, 15) is 115 Å². The molecule has 34 heteroatoms. The number of ether oxygens (including phenoxy) is 6. The van der Waals surface area contributed by atoms with E-state index in [1.54, 1.807) is 0 Å². The lowest BCUT2D eigenvalue weighted by atomic mass is 10.0. The average Bonchev–Trinajstić information content (AvgIpc) is 3.05. The van der Waals surface area contributed by atoms with Crippen LogP contribution in [0.2, 0.25) is 0 Å². The highest BCUT2D eigenvalue weighted by atomic mass is 32.2. The molecular weight excluding hydrogens is 959 g/mol. The lowest BCUT2D eigenvalue weighted by Gasteiger charge is -2.29. The Bertz CT molecular complexity index is 1600. The van der Waals surface area contributed by atoms with Gasteiger partial charge in [0, 0.05) is 0 Å². The number of halogens is 21. The number of alkyl halides is 21. The molecule has 0 aliphatic carbocycles. The van der Waals surface area contributed by atoms with Crippen LogP contribution in [0.4, 0.5) is 92.2 Å². The standard InChI is InChI=1S/C28H31F21O12S/c1-12(6-56-9-20(29,30)23(35,36)26(41,42)43)59-16(50)5-15(18(51)60-13(2)7-57-10-21(31,32)24(37,38)27(44,45)46)17(62(53,54)55-4)19(52)61-14(3)8-58-11-22(33,34)25(39,40)28(47,48)49/h12-15,17H,5-11H2,1-4H3. The van der Waals surface area contributed by atoms with Gasteiger partial charge in [-0.05, 0) is 20.8 Å². The fourth-order valence-corrected chi connectivity index (χ4v) is 5.07. The van der Waals surface area contributed by atoms with E-state index in [4.69, 9.17) is 0 Å². The number of esters is 3. The van der Waals surface area contributed by atoms with Crippen LogP contribution in [0.15, 0.2) is 0 Å². The third-order valence-electron chi connectivity index (χ3n) is 7.15. The van der Waals surface area contributed by atoms with Crippen LogP contribution in [0.25, 0.3) is 0 Å². The molecule has 5 atom stereocenters. The third kappa shape index (κ3) is 14.9. The number of hydrogen-bond acceptors (Lipinski definition) is 12. The van der Waals surface area contributed by atoms with E-state index < -0.39 is 158 Å². The molecule has 62 heavy (non-hydrogen) atoms. The van der Waals surface area contributed by atoms with Gasteiger partial charge in [-0.2, -0.15) is 101 Å². The van der Waals surface area contributed by atoms with Gasteiger partial charge in [0.2, 0.25) is 0 Å². The fourth-order valence-electron chi connectivity index (χ4n) is 3.96. The van der Waals surface area contributed by atoms with Crippen molar-refractivity contribution in [3.8, 4) is 0 Å². The molecule has 12 nitrogen and oxygen atoms in total. The summed E-state index contributed by atoms with van der Waals surface area (Å²) in [6.07, 6.45) is -28.7. The Balaban J connectivity index is 6.47. The first-order valence-electron chi connectivity index (χ1n) is 16.0. The number of hydrogen-bond donors (Lipinski definition) is 0. The van der Waals surface area contributed by atoms with Crippen LogP contribution in [-0.2, 0) is 57.1 Å². The van der Waals surface area contributed by atoms with E-state index >= 15 is 0 Å². The molecule has 0 aliphatic rings. The van der Waals surface area contributed by atoms with Crippen LogP contribution < -0.4 is 0 Å². The van der Waals surface area contributed by atoms with Gasteiger partial charge in [0.25, 0.3) is 10.1 Å². The summed E-state index contributed by atoms with van der Waals surface area (Å²) in [4.78, 5) is 39.0. The summed E-state index contributed by atoms with van der Waals surface area (Å²) in [6, 6.07) is 0. The van der Waals surface area contributed by atoms with Gasteiger partial charge in [0.05, 0.1) is 39.3 Å². The summed E-state index contributed by atoms with van der Waals surface area (Å²) < 4.78 is 327. The number of carbonyl (C=O) groups excluding carboxylic acids is 3. The Kier molecular flexibility index (Phi) is 19.6. The van der Waals surface area contributed by atoms with E-state index in [2.05, 4.69) is 32.6 Å². The zero-order valence-electron chi connectivity index (χ0n) is 31.1. The topological polar surface area (TPSA) is 150 Å². The van der Waals surface area contributed by atoms with E-state index in [-0.39, 0.29) is 7.11 Å². The first-order chi connectivity index (χ1) is 27.4. The van der Waals surface area contributed by atoms with Crippen molar-refractivity contribution in [2.45, 2.75) is 105 Å². The summed E-state index contributed by atoms with van der Waals surface area (Å²) in [6.45, 7) is -11.1. The van der Waals surface area contributed by atoms with Gasteiger partial charge in [0.1, 0.15) is 38.1 Å². The lowest BCUT2D eigenvalue weighted by molar-refractivity contribution is -0.362. The first kappa shape index (κ1) is 58.7. The van der Waals surface area contributed by atoms with Crippen molar-refractivity contribution in [1.29, 1.82) is 0 Å². The molecule has 0 saturated carbocycles. The Labute approximate surface area is 333 Å². The van der Waals surface area contributed by atoms with Crippen molar-refractivity contribution in [2.24, 2.45) is 5.92 Å². The number of carbonyl (C=O) groups is 3. The van der Waals surface area contributed by atoms with Crippen LogP contribution in [-0.4, -0.2) is 151 Å². The van der Waals surface area contributed by atoms with Crippen LogP contribution in [0.5, 0.6) is 0 Å². The Hall–Kier alpha value is -3.27. The molecule has 0 fully saturated rings. The second kappa shape index (κ2) is 20.7. The minimum absolute atomic E-state index is 0.233. The minimum Gasteiger partial charge on any atom is -0.460 e. The Morgan fingerprint density at radius 2 is 0.742 bits per heavy atom. The van der Waals surface area contributed by atoms with Crippen molar-refractivity contribution >= 4 is 28.0 Å². The van der Waals surface area contributed by atoms with Crippen LogP contribution in [0.3, 0.4) is 0 Å². The van der Waals surface area contributed by atoms with Crippen molar-refractivity contribution in [3.63, 3.8) is 0 Å². The van der Waals surface area contributed by atoms with Crippen molar-refractivity contribution in [1.82, 2.24) is 0 Å². The summed E-state index contributed by atoms with van der Waals surface area (Å²) >= 11 is 0. The highest BCUT2D eigenvalue weighted by Crippen LogP contribution is 2.48. The molecule has 0 saturated heterocycles. The molecule has 0 aromatic heterocycles. The maximum absolute atomic E-state index is 13.6. The molecule has 368 valence electrons. The third-order valence-corrected chi connectivity index (χ3v) is 8.76. The van der Waals surface area contributed by atoms with Crippen molar-refractivity contribution in [3.05, 3.63) is 0 Å². The van der Waals surface area contributed by atoms with E-state index in [1.807, 2.05) is 0 Å². The van der Waals surface area contributed by atoms with Gasteiger partial charge in [-0.3, -0.25) is 18.6 Å². The first-order valence-corrected chi connectivity index (χ1v) is 17.4. The molecule has 0 aliphatic heterocycles. The van der Waals surface area contributed by atoms with Gasteiger partial charge in [-0.15, -0.1) is 0 Å². The Morgan fingerprint density at radius 1 is 0.468 bits per heavy atom. The van der Waals surface area contributed by atoms with E-state index in [1.165, 1.54) is 0 Å². The quantitative estimate of drug-likeness (QED) is 0.0416. The zero-order valence-corrected chi connectivity index (χ0v) is 31.9. The van der Waals surface area contributed by atoms with Gasteiger partial charge >= 0.3 is 72.0 Å². The molecule has 0 N–H and O–H groups in total.